The molecule has 1 aromatic heterocycles. The molecule has 1 aliphatic carbocycles. The summed E-state index contributed by atoms with van der Waals surface area (Å²) in [6, 6.07) is 2.94. The van der Waals surface area contributed by atoms with Crippen LogP contribution in [0.25, 0.3) is 0 Å². The average molecular weight is 177 g/mol. The molecule has 2 aliphatic rings. The normalized spacial score (nSPS) is 32.9. The molecule has 2 fully saturated rings. The number of aromatic amines is 1. The fraction of sp³-hybridized carbons (Fsp3) is 0.700. The van der Waals surface area contributed by atoms with Gasteiger partial charge in [-0.3, -0.25) is 10.00 Å². The zero-order chi connectivity index (χ0) is 8.67. The van der Waals surface area contributed by atoms with Crippen LogP contribution in [0.1, 0.15) is 25.0 Å². The summed E-state index contributed by atoms with van der Waals surface area (Å²) in [4.78, 5) is 2.60. The van der Waals surface area contributed by atoms with Gasteiger partial charge in [0.1, 0.15) is 0 Å². The van der Waals surface area contributed by atoms with Crippen LogP contribution < -0.4 is 0 Å². The monoisotopic (exact) mass is 177 g/mol. The highest BCUT2D eigenvalue weighted by Gasteiger charge is 2.37. The lowest BCUT2D eigenvalue weighted by Gasteiger charge is -2.25. The van der Waals surface area contributed by atoms with Gasteiger partial charge in [0.15, 0.2) is 0 Å². The van der Waals surface area contributed by atoms with Gasteiger partial charge in [-0.25, -0.2) is 0 Å². The van der Waals surface area contributed by atoms with Crippen LogP contribution in [-0.4, -0.2) is 27.7 Å². The van der Waals surface area contributed by atoms with Crippen molar-refractivity contribution >= 4 is 0 Å². The zero-order valence-electron chi connectivity index (χ0n) is 7.74. The molecule has 1 saturated carbocycles. The molecule has 3 heteroatoms. The van der Waals surface area contributed by atoms with E-state index in [0.29, 0.717) is 0 Å². The van der Waals surface area contributed by atoms with E-state index in [1.54, 1.807) is 0 Å². The Bertz CT molecular complexity index is 280. The lowest BCUT2D eigenvalue weighted by Crippen LogP contribution is -2.31. The summed E-state index contributed by atoms with van der Waals surface area (Å²) in [6.45, 7) is 2.38. The molecular weight excluding hydrogens is 162 g/mol. The van der Waals surface area contributed by atoms with Gasteiger partial charge in [-0.05, 0) is 31.2 Å². The third-order valence-corrected chi connectivity index (χ3v) is 3.45. The number of rotatable bonds is 2. The van der Waals surface area contributed by atoms with Crippen molar-refractivity contribution in [3.8, 4) is 0 Å². The molecule has 1 saturated heterocycles. The summed E-state index contributed by atoms with van der Waals surface area (Å²) < 4.78 is 0. The lowest BCUT2D eigenvalue weighted by molar-refractivity contribution is 0.203. The Hall–Kier alpha value is -0.830. The van der Waals surface area contributed by atoms with Gasteiger partial charge in [-0.1, -0.05) is 0 Å². The minimum Gasteiger partial charge on any atom is -0.294 e. The van der Waals surface area contributed by atoms with Crippen molar-refractivity contribution in [2.75, 3.05) is 6.54 Å². The van der Waals surface area contributed by atoms with Gasteiger partial charge in [-0.2, -0.15) is 5.10 Å². The van der Waals surface area contributed by atoms with Crippen LogP contribution in [0.5, 0.6) is 0 Å². The Labute approximate surface area is 78.1 Å². The van der Waals surface area contributed by atoms with Crippen LogP contribution in [0.3, 0.4) is 0 Å². The Morgan fingerprint density at radius 3 is 3.15 bits per heavy atom. The Morgan fingerprint density at radius 2 is 2.54 bits per heavy atom. The third-order valence-electron chi connectivity index (χ3n) is 3.45. The number of hydrogen-bond donors (Lipinski definition) is 1. The number of nitrogens with one attached hydrogen (secondary N) is 1. The van der Waals surface area contributed by atoms with Crippen molar-refractivity contribution in [2.45, 2.75) is 31.8 Å². The van der Waals surface area contributed by atoms with E-state index in [4.69, 9.17) is 0 Å². The fourth-order valence-electron chi connectivity index (χ4n) is 2.81. The van der Waals surface area contributed by atoms with Crippen molar-refractivity contribution < 1.29 is 0 Å². The predicted octanol–water partition coefficient (Wildman–Crippen LogP) is 1.39. The first-order valence-corrected chi connectivity index (χ1v) is 5.14. The van der Waals surface area contributed by atoms with Crippen molar-refractivity contribution in [1.29, 1.82) is 0 Å². The molecule has 0 aromatic carbocycles. The molecule has 2 bridgehead atoms. The number of aromatic nitrogens is 2. The second-order valence-electron chi connectivity index (χ2n) is 4.34. The minimum atomic E-state index is 0.869. The highest BCUT2D eigenvalue weighted by atomic mass is 15.2. The molecule has 0 radical (unpaired) electrons. The van der Waals surface area contributed by atoms with Gasteiger partial charge in [-0.15, -0.1) is 0 Å². The van der Waals surface area contributed by atoms with Crippen LogP contribution in [-0.2, 0) is 6.54 Å². The summed E-state index contributed by atoms with van der Waals surface area (Å²) >= 11 is 0. The highest BCUT2D eigenvalue weighted by Crippen LogP contribution is 2.37. The summed E-state index contributed by atoms with van der Waals surface area (Å²) in [5.41, 5.74) is 1.26. The Balaban J connectivity index is 1.68. The molecule has 70 valence electrons. The quantitative estimate of drug-likeness (QED) is 0.740. The molecule has 2 atom stereocenters. The van der Waals surface area contributed by atoms with Crippen LogP contribution in [0.2, 0.25) is 0 Å². The molecular formula is C10H15N3. The van der Waals surface area contributed by atoms with E-state index in [1.165, 1.54) is 31.5 Å². The van der Waals surface area contributed by atoms with Crippen LogP contribution >= 0.6 is 0 Å². The van der Waals surface area contributed by atoms with Crippen LogP contribution in [0.15, 0.2) is 12.3 Å². The zero-order valence-corrected chi connectivity index (χ0v) is 7.74. The van der Waals surface area contributed by atoms with E-state index in [1.807, 2.05) is 6.20 Å². The first-order chi connectivity index (χ1) is 6.42. The molecule has 3 rings (SSSR count). The van der Waals surface area contributed by atoms with Crippen LogP contribution in [0.4, 0.5) is 0 Å². The Kier molecular flexibility index (Phi) is 1.65. The largest absolute Gasteiger partial charge is 0.294 e. The number of likely N-dealkylation sites (tertiary alicyclic amines) is 1. The maximum atomic E-state index is 3.97. The SMILES string of the molecule is c1cc(CN2CC3CCC2C3)[nH]n1. The van der Waals surface area contributed by atoms with E-state index in [9.17, 15) is 0 Å². The van der Waals surface area contributed by atoms with Crippen molar-refractivity contribution in [3.05, 3.63) is 18.0 Å². The van der Waals surface area contributed by atoms with E-state index >= 15 is 0 Å². The van der Waals surface area contributed by atoms with Crippen molar-refractivity contribution in [2.24, 2.45) is 5.92 Å². The molecule has 0 amide bonds. The number of hydrogen-bond acceptors (Lipinski definition) is 2. The van der Waals surface area contributed by atoms with Gasteiger partial charge in [0.05, 0.1) is 0 Å². The molecule has 1 aromatic rings. The van der Waals surface area contributed by atoms with E-state index < -0.39 is 0 Å². The standard InChI is InChI=1S/C10H15N3/c1-2-10-5-8(1)6-13(10)7-9-3-4-11-12-9/h3-4,8,10H,1-2,5-7H2,(H,11,12). The highest BCUT2D eigenvalue weighted by molar-refractivity contribution is 5.01. The smallest absolute Gasteiger partial charge is 0.0492 e. The van der Waals surface area contributed by atoms with Crippen molar-refractivity contribution in [1.82, 2.24) is 15.1 Å². The average Bonchev–Trinajstić information content (AvgIpc) is 2.77. The summed E-state index contributed by atoms with van der Waals surface area (Å²) in [7, 11) is 0. The lowest BCUT2D eigenvalue weighted by atomic mass is 10.1. The van der Waals surface area contributed by atoms with E-state index in [2.05, 4.69) is 21.2 Å². The maximum Gasteiger partial charge on any atom is 0.0492 e. The van der Waals surface area contributed by atoms with Gasteiger partial charge in [0.25, 0.3) is 0 Å². The second-order valence-corrected chi connectivity index (χ2v) is 4.34. The number of H-pyrrole nitrogens is 1. The van der Waals surface area contributed by atoms with Crippen LogP contribution in [0, 0.1) is 5.92 Å². The summed E-state index contributed by atoms with van der Waals surface area (Å²) in [5.74, 6) is 0.993. The molecule has 13 heavy (non-hydrogen) atoms. The topological polar surface area (TPSA) is 31.9 Å². The van der Waals surface area contributed by atoms with Gasteiger partial charge in [0.2, 0.25) is 0 Å². The molecule has 2 heterocycles. The van der Waals surface area contributed by atoms with Gasteiger partial charge >= 0.3 is 0 Å². The van der Waals surface area contributed by atoms with E-state index in [0.717, 1.165) is 18.5 Å². The third kappa shape index (κ3) is 1.27. The van der Waals surface area contributed by atoms with E-state index in [-0.39, 0.29) is 0 Å². The number of fused-ring (bicyclic) bond motifs is 2. The first kappa shape index (κ1) is 7.56. The maximum absolute atomic E-state index is 3.97. The summed E-state index contributed by atoms with van der Waals surface area (Å²) in [5, 5.41) is 7.01. The molecule has 1 aliphatic heterocycles. The summed E-state index contributed by atoms with van der Waals surface area (Å²) in [6.07, 6.45) is 6.15. The molecule has 1 N–H and O–H groups in total. The Morgan fingerprint density at radius 1 is 1.54 bits per heavy atom. The first-order valence-electron chi connectivity index (χ1n) is 5.14. The second kappa shape index (κ2) is 2.84. The molecule has 3 nitrogen and oxygen atoms in total. The minimum absolute atomic E-state index is 0.869. The number of nitrogens with zero attached hydrogens (tertiary/aromatic N) is 2. The van der Waals surface area contributed by atoms with Gasteiger partial charge in [0, 0.05) is 31.0 Å². The predicted molar refractivity (Wildman–Crippen MR) is 50.1 cm³/mol. The van der Waals surface area contributed by atoms with Gasteiger partial charge < -0.3 is 0 Å². The molecule has 2 unspecified atom stereocenters. The fourth-order valence-corrected chi connectivity index (χ4v) is 2.81. The molecule has 0 spiro atoms. The number of piperidine rings is 1. The van der Waals surface area contributed by atoms with Crippen molar-refractivity contribution in [3.63, 3.8) is 0 Å².